The number of H-pyrrole nitrogens is 1. The molecule has 3 aromatic rings. The fraction of sp³-hybridized carbons (Fsp3) is 0.238. The summed E-state index contributed by atoms with van der Waals surface area (Å²) in [5.74, 6) is -1.01. The van der Waals surface area contributed by atoms with E-state index in [9.17, 15) is 14.7 Å². The van der Waals surface area contributed by atoms with Crippen LogP contribution >= 0.6 is 0 Å². The molecule has 4 heteroatoms. The maximum Gasteiger partial charge on any atom is 0.335 e. The number of fused-ring (bicyclic) bond motifs is 4. The molecule has 2 aromatic carbocycles. The minimum atomic E-state index is -0.971. The van der Waals surface area contributed by atoms with Gasteiger partial charge in [-0.1, -0.05) is 26.0 Å². The van der Waals surface area contributed by atoms with Crippen molar-refractivity contribution in [1.82, 2.24) is 4.98 Å². The Hall–Kier alpha value is -2.88. The lowest BCUT2D eigenvalue weighted by atomic mass is 9.70. The molecule has 1 aromatic heterocycles. The summed E-state index contributed by atoms with van der Waals surface area (Å²) in [7, 11) is 0. The van der Waals surface area contributed by atoms with Gasteiger partial charge in [-0.15, -0.1) is 0 Å². The number of carboxylic acids is 1. The van der Waals surface area contributed by atoms with Gasteiger partial charge in [-0.25, -0.2) is 4.79 Å². The first kappa shape index (κ1) is 15.6. The van der Waals surface area contributed by atoms with Crippen molar-refractivity contribution in [3.8, 4) is 0 Å². The van der Waals surface area contributed by atoms with Crippen LogP contribution in [0.1, 0.15) is 62.5 Å². The maximum atomic E-state index is 13.2. The average molecular weight is 333 g/mol. The molecule has 0 radical (unpaired) electrons. The Kier molecular flexibility index (Phi) is 3.01. The topological polar surface area (TPSA) is 70.2 Å². The van der Waals surface area contributed by atoms with E-state index in [1.807, 2.05) is 39.0 Å². The number of benzene rings is 2. The van der Waals surface area contributed by atoms with E-state index in [2.05, 4.69) is 4.98 Å². The Morgan fingerprint density at radius 3 is 2.52 bits per heavy atom. The Morgan fingerprint density at radius 1 is 1.12 bits per heavy atom. The molecule has 0 spiro atoms. The van der Waals surface area contributed by atoms with E-state index in [0.29, 0.717) is 16.7 Å². The Bertz CT molecular complexity index is 1090. The molecule has 2 N–H and O–H groups in total. The highest BCUT2D eigenvalue weighted by molar-refractivity contribution is 6.20. The second-order valence-corrected chi connectivity index (χ2v) is 7.40. The maximum absolute atomic E-state index is 13.2. The second kappa shape index (κ2) is 4.82. The third-order valence-corrected chi connectivity index (χ3v) is 5.32. The van der Waals surface area contributed by atoms with E-state index >= 15 is 0 Å². The van der Waals surface area contributed by atoms with Crippen molar-refractivity contribution in [2.45, 2.75) is 33.1 Å². The standard InChI is InChI=1S/C21H19NO3/c1-10-5-6-12-16(7-10)22-19-17(12)18(23)14-8-11(2)13(20(24)25)9-15(14)21(19,3)4/h5-9,22H,1-4H3,(H,24,25). The highest BCUT2D eigenvalue weighted by atomic mass is 16.4. The number of carbonyl (C=O) groups excluding carboxylic acids is 1. The normalized spacial score (nSPS) is 15.1. The lowest BCUT2D eigenvalue weighted by Gasteiger charge is -2.32. The first-order valence-corrected chi connectivity index (χ1v) is 8.27. The third-order valence-electron chi connectivity index (χ3n) is 5.32. The van der Waals surface area contributed by atoms with Crippen molar-refractivity contribution >= 4 is 22.7 Å². The summed E-state index contributed by atoms with van der Waals surface area (Å²) in [5, 5.41) is 10.4. The molecular formula is C21H19NO3. The quantitative estimate of drug-likeness (QED) is 0.695. The largest absolute Gasteiger partial charge is 0.478 e. The molecule has 0 amide bonds. The Morgan fingerprint density at radius 2 is 1.84 bits per heavy atom. The number of aromatic nitrogens is 1. The van der Waals surface area contributed by atoms with Gasteiger partial charge in [-0.2, -0.15) is 0 Å². The summed E-state index contributed by atoms with van der Waals surface area (Å²) in [4.78, 5) is 28.2. The number of aromatic carboxylic acids is 1. The lowest BCUT2D eigenvalue weighted by Crippen LogP contribution is -2.31. The van der Waals surface area contributed by atoms with Gasteiger partial charge in [0.2, 0.25) is 0 Å². The summed E-state index contributed by atoms with van der Waals surface area (Å²) < 4.78 is 0. The van der Waals surface area contributed by atoms with Crippen LogP contribution < -0.4 is 0 Å². The lowest BCUT2D eigenvalue weighted by molar-refractivity contribution is 0.0695. The number of carboxylic acid groups (broad SMARTS) is 1. The van der Waals surface area contributed by atoms with Gasteiger partial charge < -0.3 is 10.1 Å². The molecule has 0 fully saturated rings. The smallest absolute Gasteiger partial charge is 0.335 e. The van der Waals surface area contributed by atoms with Gasteiger partial charge in [0, 0.05) is 27.6 Å². The molecule has 1 aliphatic rings. The first-order chi connectivity index (χ1) is 11.7. The van der Waals surface area contributed by atoms with Gasteiger partial charge in [0.05, 0.1) is 11.1 Å². The van der Waals surface area contributed by atoms with Crippen LogP contribution in [0.2, 0.25) is 0 Å². The number of nitrogens with one attached hydrogen (secondary N) is 1. The average Bonchev–Trinajstić information content (AvgIpc) is 2.91. The molecule has 1 aliphatic carbocycles. The van der Waals surface area contributed by atoms with Gasteiger partial charge in [-0.3, -0.25) is 4.79 Å². The number of rotatable bonds is 1. The third kappa shape index (κ3) is 2.00. The van der Waals surface area contributed by atoms with Gasteiger partial charge in [0.1, 0.15) is 0 Å². The van der Waals surface area contributed by atoms with Crippen LogP contribution in [0.5, 0.6) is 0 Å². The zero-order valence-corrected chi connectivity index (χ0v) is 14.7. The fourth-order valence-electron chi connectivity index (χ4n) is 3.93. The van der Waals surface area contributed by atoms with E-state index in [1.54, 1.807) is 19.1 Å². The predicted octanol–water partition coefficient (Wildman–Crippen LogP) is 4.35. The van der Waals surface area contributed by atoms with Gasteiger partial charge in [0.25, 0.3) is 0 Å². The van der Waals surface area contributed by atoms with Crippen molar-refractivity contribution in [2.75, 3.05) is 0 Å². The second-order valence-electron chi connectivity index (χ2n) is 7.40. The van der Waals surface area contributed by atoms with E-state index in [4.69, 9.17) is 0 Å². The molecule has 0 bridgehead atoms. The molecule has 0 saturated carbocycles. The number of aryl methyl sites for hydroxylation is 2. The number of hydrogen-bond donors (Lipinski definition) is 2. The van der Waals surface area contributed by atoms with Gasteiger partial charge >= 0.3 is 5.97 Å². The van der Waals surface area contributed by atoms with Crippen LogP contribution in [0.15, 0.2) is 30.3 Å². The van der Waals surface area contributed by atoms with Crippen LogP contribution in [0.25, 0.3) is 10.9 Å². The molecule has 1 heterocycles. The Labute approximate surface area is 145 Å². The summed E-state index contributed by atoms with van der Waals surface area (Å²) in [6, 6.07) is 9.40. The molecule has 0 unspecified atom stereocenters. The van der Waals surface area contributed by atoms with E-state index in [0.717, 1.165) is 27.7 Å². The number of ketones is 1. The summed E-state index contributed by atoms with van der Waals surface area (Å²) >= 11 is 0. The molecular weight excluding hydrogens is 314 g/mol. The fourth-order valence-corrected chi connectivity index (χ4v) is 3.93. The van der Waals surface area contributed by atoms with Crippen LogP contribution in [-0.2, 0) is 5.41 Å². The highest BCUT2D eigenvalue weighted by Crippen LogP contribution is 2.44. The molecule has 4 nitrogen and oxygen atoms in total. The summed E-state index contributed by atoms with van der Waals surface area (Å²) in [6.07, 6.45) is 0. The number of hydrogen-bond acceptors (Lipinski definition) is 2. The molecule has 0 aliphatic heterocycles. The van der Waals surface area contributed by atoms with Crippen molar-refractivity contribution < 1.29 is 14.7 Å². The molecule has 0 atom stereocenters. The summed E-state index contributed by atoms with van der Waals surface area (Å²) in [6.45, 7) is 7.81. The van der Waals surface area contributed by atoms with Crippen LogP contribution in [0, 0.1) is 13.8 Å². The van der Waals surface area contributed by atoms with E-state index in [1.165, 1.54) is 0 Å². The van der Waals surface area contributed by atoms with E-state index in [-0.39, 0.29) is 11.3 Å². The minimum absolute atomic E-state index is 0.0422. The molecule has 4 rings (SSSR count). The van der Waals surface area contributed by atoms with E-state index < -0.39 is 11.4 Å². The van der Waals surface area contributed by atoms with Crippen molar-refractivity contribution in [3.05, 3.63) is 69.4 Å². The van der Waals surface area contributed by atoms with Crippen molar-refractivity contribution in [2.24, 2.45) is 0 Å². The van der Waals surface area contributed by atoms with Gasteiger partial charge in [0.15, 0.2) is 5.78 Å². The zero-order chi connectivity index (χ0) is 18.1. The first-order valence-electron chi connectivity index (χ1n) is 8.27. The zero-order valence-electron chi connectivity index (χ0n) is 14.7. The predicted molar refractivity (Wildman–Crippen MR) is 96.7 cm³/mol. The van der Waals surface area contributed by atoms with Crippen molar-refractivity contribution in [1.29, 1.82) is 0 Å². The minimum Gasteiger partial charge on any atom is -0.478 e. The SMILES string of the molecule is Cc1ccc2c3c([nH]c2c1)C(C)(C)c1cc(C(=O)O)c(C)cc1C3=O. The molecule has 25 heavy (non-hydrogen) atoms. The molecule has 0 saturated heterocycles. The van der Waals surface area contributed by atoms with Crippen LogP contribution in [0.3, 0.4) is 0 Å². The van der Waals surface area contributed by atoms with Crippen LogP contribution in [-0.4, -0.2) is 21.8 Å². The van der Waals surface area contributed by atoms with Crippen molar-refractivity contribution in [3.63, 3.8) is 0 Å². The Balaban J connectivity index is 2.08. The summed E-state index contributed by atoms with van der Waals surface area (Å²) in [5.41, 5.74) is 5.35. The monoisotopic (exact) mass is 333 g/mol. The molecule has 126 valence electrons. The van der Waals surface area contributed by atoms with Crippen LogP contribution in [0.4, 0.5) is 0 Å². The highest BCUT2D eigenvalue weighted by Gasteiger charge is 2.40. The number of aromatic amines is 1. The number of carbonyl (C=O) groups is 2. The van der Waals surface area contributed by atoms with Gasteiger partial charge in [-0.05, 0) is 48.7 Å².